The monoisotopic (exact) mass is 511 g/mol. The Morgan fingerprint density at radius 3 is 2.65 bits per heavy atom. The van der Waals surface area contributed by atoms with E-state index < -0.39 is 27.0 Å². The van der Waals surface area contributed by atoms with Gasteiger partial charge in [0.25, 0.3) is 6.43 Å². The van der Waals surface area contributed by atoms with E-state index in [4.69, 9.17) is 0 Å². The van der Waals surface area contributed by atoms with Crippen LogP contribution in [0.25, 0.3) is 16.3 Å². The number of alkyl halides is 2. The molecule has 1 saturated heterocycles. The predicted octanol–water partition coefficient (Wildman–Crippen LogP) is 3.20. The van der Waals surface area contributed by atoms with E-state index in [2.05, 4.69) is 50.9 Å². The van der Waals surface area contributed by atoms with E-state index in [1.54, 1.807) is 16.7 Å². The average molecular weight is 512 g/mol. The summed E-state index contributed by atoms with van der Waals surface area (Å²) in [5.74, 6) is 0.277. The first-order valence-corrected chi connectivity index (χ1v) is 13.5. The Kier molecular flexibility index (Phi) is 5.66. The molecule has 3 aromatic rings. The highest BCUT2D eigenvalue weighted by molar-refractivity contribution is 7.89. The summed E-state index contributed by atoms with van der Waals surface area (Å²) in [7, 11) is -3.83. The second-order valence-corrected chi connectivity index (χ2v) is 12.3. The van der Waals surface area contributed by atoms with Crippen LogP contribution < -0.4 is 14.9 Å². The molecule has 2 aliphatic rings. The van der Waals surface area contributed by atoms with E-state index in [0.29, 0.717) is 17.7 Å². The molecular weight excluding hydrogens is 484 g/mol. The van der Waals surface area contributed by atoms with Crippen molar-refractivity contribution in [2.45, 2.75) is 75.5 Å². The van der Waals surface area contributed by atoms with E-state index >= 15 is 0 Å². The molecule has 13 heteroatoms. The minimum absolute atomic E-state index is 0.0807. The van der Waals surface area contributed by atoms with Crippen LogP contribution in [0.15, 0.2) is 23.4 Å². The van der Waals surface area contributed by atoms with Crippen LogP contribution in [0.2, 0.25) is 0 Å². The number of fused-ring (bicyclic) bond motifs is 1. The van der Waals surface area contributed by atoms with Gasteiger partial charge < -0.3 is 10.2 Å². The number of pyridine rings is 1. The Hall–Kier alpha value is -2.22. The van der Waals surface area contributed by atoms with Crippen molar-refractivity contribution in [3.8, 4) is 10.8 Å². The van der Waals surface area contributed by atoms with Crippen molar-refractivity contribution in [3.63, 3.8) is 0 Å². The zero-order valence-corrected chi connectivity index (χ0v) is 20.9. The van der Waals surface area contributed by atoms with Gasteiger partial charge in [0, 0.05) is 36.4 Å². The van der Waals surface area contributed by atoms with E-state index in [0.717, 1.165) is 24.2 Å². The van der Waals surface area contributed by atoms with Gasteiger partial charge in [0.2, 0.25) is 10.0 Å². The predicted molar refractivity (Wildman–Crippen MR) is 126 cm³/mol. The van der Waals surface area contributed by atoms with E-state index in [9.17, 15) is 17.2 Å². The molecule has 34 heavy (non-hydrogen) atoms. The number of aromatic nitrogens is 4. The lowest BCUT2D eigenvalue weighted by Crippen LogP contribution is -2.59. The zero-order chi connectivity index (χ0) is 24.4. The number of rotatable bonds is 6. The topological polar surface area (TPSA) is 105 Å². The van der Waals surface area contributed by atoms with Crippen LogP contribution in [0, 0.1) is 0 Å². The van der Waals surface area contributed by atoms with Crippen molar-refractivity contribution in [3.05, 3.63) is 23.5 Å². The number of halogens is 2. The minimum Gasteiger partial charge on any atom is -0.364 e. The van der Waals surface area contributed by atoms with E-state index in [-0.39, 0.29) is 33.9 Å². The molecular formula is C21H27F2N7O2S2. The van der Waals surface area contributed by atoms with Crippen LogP contribution in [0.1, 0.15) is 52.0 Å². The molecule has 184 valence electrons. The molecule has 0 aromatic carbocycles. The standard InChI is InChI=1S/C21H27F2N7O2S2/c1-11-9-29(13(3)12(2)25-11)15-7-14(34(31,32)28-21(4)5-6-21)10-30-16(15)8-24-18(30)20-27-26-19(33-20)17(22)23/h7-8,10-13,17,25,28H,5-6,9H2,1-4H3/t11-,12-,13-/m0/s1. The Balaban J connectivity index is 1.69. The number of nitrogens with zero attached hydrogens (tertiary/aromatic N) is 5. The Labute approximate surface area is 200 Å². The Morgan fingerprint density at radius 1 is 1.26 bits per heavy atom. The van der Waals surface area contributed by atoms with Crippen LogP contribution in [0.4, 0.5) is 14.5 Å². The lowest BCUT2D eigenvalue weighted by Gasteiger charge is -2.43. The fraction of sp³-hybridized carbons (Fsp3) is 0.571. The number of piperazine rings is 1. The number of hydrogen-bond acceptors (Lipinski definition) is 8. The molecule has 0 amide bonds. The number of nitrogens with one attached hydrogen (secondary N) is 2. The maximum atomic E-state index is 13.3. The van der Waals surface area contributed by atoms with Crippen molar-refractivity contribution >= 4 is 32.6 Å². The first-order valence-electron chi connectivity index (χ1n) is 11.2. The molecule has 9 nitrogen and oxygen atoms in total. The highest BCUT2D eigenvalue weighted by atomic mass is 32.2. The Morgan fingerprint density at radius 2 is 2.00 bits per heavy atom. The smallest absolute Gasteiger partial charge is 0.291 e. The summed E-state index contributed by atoms with van der Waals surface area (Å²) in [5, 5.41) is 10.8. The maximum absolute atomic E-state index is 13.3. The van der Waals surface area contributed by atoms with Crippen molar-refractivity contribution in [2.75, 3.05) is 11.4 Å². The highest BCUT2D eigenvalue weighted by Crippen LogP contribution is 2.38. The third-order valence-corrected chi connectivity index (χ3v) is 9.18. The van der Waals surface area contributed by atoms with Crippen molar-refractivity contribution in [1.82, 2.24) is 29.6 Å². The third-order valence-electron chi connectivity index (χ3n) is 6.65. The van der Waals surface area contributed by atoms with Crippen LogP contribution in [0.5, 0.6) is 0 Å². The summed E-state index contributed by atoms with van der Waals surface area (Å²) in [6.07, 6.45) is 1.94. The minimum atomic E-state index is -3.83. The lowest BCUT2D eigenvalue weighted by molar-refractivity contribution is 0.150. The second-order valence-electron chi connectivity index (χ2n) is 9.56. The van der Waals surface area contributed by atoms with Gasteiger partial charge in [-0.2, -0.15) is 0 Å². The molecule has 5 rings (SSSR count). The molecule has 2 N–H and O–H groups in total. The maximum Gasteiger partial charge on any atom is 0.291 e. The molecule has 0 bridgehead atoms. The number of hydrogen-bond donors (Lipinski definition) is 2. The Bertz CT molecular complexity index is 1340. The van der Waals surface area contributed by atoms with Crippen LogP contribution >= 0.6 is 11.3 Å². The molecule has 4 heterocycles. The van der Waals surface area contributed by atoms with Crippen LogP contribution in [-0.4, -0.2) is 58.2 Å². The van der Waals surface area contributed by atoms with Crippen molar-refractivity contribution < 1.29 is 17.2 Å². The van der Waals surface area contributed by atoms with Gasteiger partial charge in [0.05, 0.1) is 17.4 Å². The SMILES string of the molecule is C[C@@H]1N[C@@H](C)CN(c2cc(S(=O)(=O)NC3(C)CC3)cn3c(-c4nnc(C(F)F)s4)ncc23)[C@H]1C. The van der Waals surface area contributed by atoms with Gasteiger partial charge in [-0.05, 0) is 46.6 Å². The number of anilines is 1. The zero-order valence-electron chi connectivity index (χ0n) is 19.3. The quantitative estimate of drug-likeness (QED) is 0.524. The summed E-state index contributed by atoms with van der Waals surface area (Å²) in [6.45, 7) is 8.81. The summed E-state index contributed by atoms with van der Waals surface area (Å²) in [6, 6.07) is 2.12. The fourth-order valence-corrected chi connectivity index (χ4v) is 6.54. The summed E-state index contributed by atoms with van der Waals surface area (Å²) >= 11 is 0.745. The molecule has 1 aliphatic heterocycles. The summed E-state index contributed by atoms with van der Waals surface area (Å²) in [4.78, 5) is 6.70. The molecule has 0 unspecified atom stereocenters. The highest BCUT2D eigenvalue weighted by Gasteiger charge is 2.42. The van der Waals surface area contributed by atoms with Gasteiger partial charge in [-0.1, -0.05) is 11.3 Å². The summed E-state index contributed by atoms with van der Waals surface area (Å²) < 4.78 is 57.4. The van der Waals surface area contributed by atoms with Gasteiger partial charge in [0.1, 0.15) is 4.90 Å². The van der Waals surface area contributed by atoms with Crippen molar-refractivity contribution in [2.24, 2.45) is 0 Å². The third kappa shape index (κ3) is 4.18. The first kappa shape index (κ1) is 23.5. The lowest BCUT2D eigenvalue weighted by atomic mass is 10.0. The molecule has 3 aromatic heterocycles. The fourth-order valence-electron chi connectivity index (χ4n) is 4.37. The van der Waals surface area contributed by atoms with Crippen LogP contribution in [-0.2, 0) is 10.0 Å². The van der Waals surface area contributed by atoms with Gasteiger partial charge >= 0.3 is 0 Å². The van der Waals surface area contributed by atoms with Gasteiger partial charge in [0.15, 0.2) is 15.8 Å². The van der Waals surface area contributed by atoms with Crippen molar-refractivity contribution in [1.29, 1.82) is 0 Å². The largest absolute Gasteiger partial charge is 0.364 e. The molecule has 3 atom stereocenters. The molecule has 1 aliphatic carbocycles. The van der Waals surface area contributed by atoms with Gasteiger partial charge in [-0.3, -0.25) is 4.40 Å². The number of sulfonamides is 1. The van der Waals surface area contributed by atoms with E-state index in [1.165, 1.54) is 6.20 Å². The van der Waals surface area contributed by atoms with Gasteiger partial charge in [-0.25, -0.2) is 26.9 Å². The second kappa shape index (κ2) is 8.18. The average Bonchev–Trinajstić information content (AvgIpc) is 3.17. The molecule has 0 spiro atoms. The molecule has 0 radical (unpaired) electrons. The van der Waals surface area contributed by atoms with Crippen LogP contribution in [0.3, 0.4) is 0 Å². The van der Waals surface area contributed by atoms with Gasteiger partial charge in [-0.15, -0.1) is 10.2 Å². The molecule has 2 fully saturated rings. The number of imidazole rings is 1. The normalized spacial score (nSPS) is 24.8. The summed E-state index contributed by atoms with van der Waals surface area (Å²) in [5.41, 5.74) is 0.949. The van der Waals surface area contributed by atoms with E-state index in [1.807, 2.05) is 6.92 Å². The molecule has 1 saturated carbocycles. The first-order chi connectivity index (χ1) is 16.0.